The van der Waals surface area contributed by atoms with Crippen molar-refractivity contribution in [1.29, 1.82) is 0 Å². The Hall–Kier alpha value is -3.93. The predicted octanol–water partition coefficient (Wildman–Crippen LogP) is 4.90. The SMILES string of the molecule is Cc1ccc(-c2noc(CN(C)C(=O)c3ccccc3OCc3ccccc3)n2)cc1. The molecule has 0 saturated carbocycles. The van der Waals surface area contributed by atoms with Crippen LogP contribution < -0.4 is 4.74 Å². The predicted molar refractivity (Wildman–Crippen MR) is 117 cm³/mol. The topological polar surface area (TPSA) is 68.5 Å². The molecular weight excluding hydrogens is 390 g/mol. The van der Waals surface area contributed by atoms with E-state index >= 15 is 0 Å². The molecule has 4 rings (SSSR count). The number of benzene rings is 3. The van der Waals surface area contributed by atoms with Crippen molar-refractivity contribution in [2.24, 2.45) is 0 Å². The molecule has 1 heterocycles. The van der Waals surface area contributed by atoms with Gasteiger partial charge in [0.25, 0.3) is 5.91 Å². The largest absolute Gasteiger partial charge is 0.488 e. The first kappa shape index (κ1) is 20.3. The third kappa shape index (κ3) is 4.98. The summed E-state index contributed by atoms with van der Waals surface area (Å²) in [5.74, 6) is 1.23. The average Bonchev–Trinajstić information content (AvgIpc) is 3.27. The van der Waals surface area contributed by atoms with Crippen molar-refractivity contribution in [3.05, 3.63) is 101 Å². The van der Waals surface area contributed by atoms with Crippen LogP contribution >= 0.6 is 0 Å². The zero-order valence-electron chi connectivity index (χ0n) is 17.5. The summed E-state index contributed by atoms with van der Waals surface area (Å²) in [6.45, 7) is 2.61. The molecular formula is C25H23N3O3. The van der Waals surface area contributed by atoms with E-state index in [1.54, 1.807) is 19.2 Å². The molecule has 0 aliphatic rings. The Bertz CT molecular complexity index is 1150. The summed E-state index contributed by atoms with van der Waals surface area (Å²) < 4.78 is 11.3. The van der Waals surface area contributed by atoms with E-state index < -0.39 is 0 Å². The second-order valence-electron chi connectivity index (χ2n) is 7.31. The fourth-order valence-electron chi connectivity index (χ4n) is 3.12. The lowest BCUT2D eigenvalue weighted by Gasteiger charge is -2.17. The van der Waals surface area contributed by atoms with Gasteiger partial charge in [0.05, 0.1) is 5.56 Å². The van der Waals surface area contributed by atoms with Gasteiger partial charge in [-0.05, 0) is 24.6 Å². The summed E-state index contributed by atoms with van der Waals surface area (Å²) in [7, 11) is 1.70. The first-order valence-electron chi connectivity index (χ1n) is 10.0. The van der Waals surface area contributed by atoms with Gasteiger partial charge >= 0.3 is 0 Å². The summed E-state index contributed by atoms with van der Waals surface area (Å²) in [5.41, 5.74) is 3.55. The van der Waals surface area contributed by atoms with Crippen LogP contribution in [0.4, 0.5) is 0 Å². The van der Waals surface area contributed by atoms with Gasteiger partial charge in [-0.1, -0.05) is 77.5 Å². The first-order chi connectivity index (χ1) is 15.1. The Labute approximate surface area is 181 Å². The Morgan fingerprint density at radius 3 is 2.45 bits per heavy atom. The Morgan fingerprint density at radius 1 is 0.968 bits per heavy atom. The molecule has 4 aromatic rings. The van der Waals surface area contributed by atoms with Gasteiger partial charge in [0.1, 0.15) is 18.9 Å². The fraction of sp³-hybridized carbons (Fsp3) is 0.160. The van der Waals surface area contributed by atoms with Crippen LogP contribution in [0.25, 0.3) is 11.4 Å². The lowest BCUT2D eigenvalue weighted by molar-refractivity contribution is 0.0764. The van der Waals surface area contributed by atoms with Gasteiger partial charge in [-0.15, -0.1) is 0 Å². The normalized spacial score (nSPS) is 10.6. The molecule has 0 aliphatic heterocycles. The molecule has 0 saturated heterocycles. The smallest absolute Gasteiger partial charge is 0.257 e. The Balaban J connectivity index is 1.44. The number of rotatable bonds is 7. The second-order valence-corrected chi connectivity index (χ2v) is 7.31. The van der Waals surface area contributed by atoms with Crippen molar-refractivity contribution < 1.29 is 14.1 Å². The summed E-state index contributed by atoms with van der Waals surface area (Å²) in [4.78, 5) is 19.0. The zero-order valence-corrected chi connectivity index (χ0v) is 17.5. The summed E-state index contributed by atoms with van der Waals surface area (Å²) in [6.07, 6.45) is 0. The molecule has 6 nitrogen and oxygen atoms in total. The van der Waals surface area contributed by atoms with Crippen LogP contribution in [-0.4, -0.2) is 28.0 Å². The summed E-state index contributed by atoms with van der Waals surface area (Å²) in [5, 5.41) is 4.03. The molecule has 3 aromatic carbocycles. The number of hydrogen-bond acceptors (Lipinski definition) is 5. The van der Waals surface area contributed by atoms with E-state index in [1.165, 1.54) is 4.90 Å². The number of carbonyl (C=O) groups excluding carboxylic acids is 1. The minimum atomic E-state index is -0.182. The highest BCUT2D eigenvalue weighted by Gasteiger charge is 2.19. The number of para-hydroxylation sites is 1. The van der Waals surface area contributed by atoms with Crippen LogP contribution in [0.5, 0.6) is 5.75 Å². The molecule has 0 fully saturated rings. The highest BCUT2D eigenvalue weighted by atomic mass is 16.5. The Morgan fingerprint density at radius 2 is 1.68 bits per heavy atom. The van der Waals surface area contributed by atoms with E-state index in [0.717, 1.165) is 16.7 Å². The van der Waals surface area contributed by atoms with Crippen LogP contribution in [0.15, 0.2) is 83.4 Å². The van der Waals surface area contributed by atoms with Crippen molar-refractivity contribution in [2.45, 2.75) is 20.1 Å². The van der Waals surface area contributed by atoms with Gasteiger partial charge in [0, 0.05) is 12.6 Å². The number of aryl methyl sites for hydroxylation is 1. The van der Waals surface area contributed by atoms with Crippen LogP contribution in [-0.2, 0) is 13.2 Å². The summed E-state index contributed by atoms with van der Waals surface area (Å²) >= 11 is 0. The zero-order chi connectivity index (χ0) is 21.6. The van der Waals surface area contributed by atoms with E-state index in [2.05, 4.69) is 10.1 Å². The van der Waals surface area contributed by atoms with E-state index in [9.17, 15) is 4.79 Å². The Kier molecular flexibility index (Phi) is 6.08. The van der Waals surface area contributed by atoms with Gasteiger partial charge in [0.2, 0.25) is 11.7 Å². The fourth-order valence-corrected chi connectivity index (χ4v) is 3.12. The third-order valence-electron chi connectivity index (χ3n) is 4.85. The minimum Gasteiger partial charge on any atom is -0.488 e. The van der Waals surface area contributed by atoms with Crippen molar-refractivity contribution >= 4 is 5.91 Å². The van der Waals surface area contributed by atoms with Crippen molar-refractivity contribution in [2.75, 3.05) is 7.05 Å². The van der Waals surface area contributed by atoms with Gasteiger partial charge in [-0.2, -0.15) is 4.98 Å². The van der Waals surface area contributed by atoms with Crippen LogP contribution in [0.2, 0.25) is 0 Å². The van der Waals surface area contributed by atoms with Crippen molar-refractivity contribution in [3.63, 3.8) is 0 Å². The van der Waals surface area contributed by atoms with E-state index in [4.69, 9.17) is 9.26 Å². The number of hydrogen-bond donors (Lipinski definition) is 0. The number of amides is 1. The van der Waals surface area contributed by atoms with Crippen molar-refractivity contribution in [3.8, 4) is 17.1 Å². The van der Waals surface area contributed by atoms with Crippen LogP contribution in [0.1, 0.15) is 27.4 Å². The maximum absolute atomic E-state index is 13.1. The molecule has 31 heavy (non-hydrogen) atoms. The molecule has 0 unspecified atom stereocenters. The molecule has 0 atom stereocenters. The van der Waals surface area contributed by atoms with Crippen LogP contribution in [0.3, 0.4) is 0 Å². The molecule has 0 aliphatic carbocycles. The lowest BCUT2D eigenvalue weighted by Crippen LogP contribution is -2.26. The molecule has 0 radical (unpaired) electrons. The van der Waals surface area contributed by atoms with E-state index in [-0.39, 0.29) is 12.5 Å². The number of carbonyl (C=O) groups is 1. The average molecular weight is 413 g/mol. The van der Waals surface area contributed by atoms with Gasteiger partial charge < -0.3 is 14.2 Å². The van der Waals surface area contributed by atoms with Gasteiger partial charge in [0.15, 0.2) is 0 Å². The van der Waals surface area contributed by atoms with Crippen LogP contribution in [0, 0.1) is 6.92 Å². The monoisotopic (exact) mass is 413 g/mol. The highest BCUT2D eigenvalue weighted by molar-refractivity contribution is 5.96. The molecule has 0 bridgehead atoms. The highest BCUT2D eigenvalue weighted by Crippen LogP contribution is 2.22. The van der Waals surface area contributed by atoms with Crippen molar-refractivity contribution in [1.82, 2.24) is 15.0 Å². The number of aromatic nitrogens is 2. The standard InChI is InChI=1S/C25H23N3O3/c1-18-12-14-20(15-13-18)24-26-23(31-27-24)16-28(2)25(29)21-10-6-7-11-22(21)30-17-19-8-4-3-5-9-19/h3-15H,16-17H2,1-2H3. The molecule has 1 amide bonds. The molecule has 156 valence electrons. The molecule has 6 heteroatoms. The minimum absolute atomic E-state index is 0.182. The van der Waals surface area contributed by atoms with E-state index in [0.29, 0.717) is 29.6 Å². The molecule has 0 spiro atoms. The quantitative estimate of drug-likeness (QED) is 0.431. The van der Waals surface area contributed by atoms with E-state index in [1.807, 2.05) is 73.7 Å². The summed E-state index contributed by atoms with van der Waals surface area (Å²) in [6, 6.07) is 24.9. The van der Waals surface area contributed by atoms with Gasteiger partial charge in [-0.3, -0.25) is 4.79 Å². The maximum Gasteiger partial charge on any atom is 0.257 e. The second kappa shape index (κ2) is 9.26. The first-order valence-corrected chi connectivity index (χ1v) is 10.0. The number of ether oxygens (including phenoxy) is 1. The maximum atomic E-state index is 13.1. The molecule has 1 aromatic heterocycles. The third-order valence-corrected chi connectivity index (χ3v) is 4.85. The lowest BCUT2D eigenvalue weighted by atomic mass is 10.1. The molecule has 0 N–H and O–H groups in total. The number of nitrogens with zero attached hydrogens (tertiary/aromatic N) is 3. The van der Waals surface area contributed by atoms with Gasteiger partial charge in [-0.25, -0.2) is 0 Å².